The Hall–Kier alpha value is -1.46. The van der Waals surface area contributed by atoms with Crippen molar-refractivity contribution in [3.8, 4) is 17.6 Å². The fourth-order valence-corrected chi connectivity index (χ4v) is 2.25. The normalized spacial score (nSPS) is 10.0. The number of benzene rings is 1. The zero-order valence-electron chi connectivity index (χ0n) is 13.2. The second kappa shape index (κ2) is 12.3. The predicted molar refractivity (Wildman–Crippen MR) is 88.5 cm³/mol. The van der Waals surface area contributed by atoms with Crippen LogP contribution in [-0.4, -0.2) is 18.3 Å². The van der Waals surface area contributed by atoms with Crippen LogP contribution in [-0.2, 0) is 0 Å². The summed E-state index contributed by atoms with van der Waals surface area (Å²) in [7, 11) is 0. The van der Waals surface area contributed by atoms with Gasteiger partial charge in [-0.1, -0.05) is 75.8 Å². The molecule has 1 N–H and O–H groups in total. The standard InChI is InChI=1S/C19H28O2/c1-2-3-4-5-6-7-8-11-17-21-19-15-10-9-13-18(19)14-12-16-20/h9-10,13,15,20H,2-8,11,16-17H2,1H3. The Morgan fingerprint density at radius 2 is 1.62 bits per heavy atom. The maximum atomic E-state index is 8.75. The SMILES string of the molecule is CCCCCCCCCCOc1ccccc1C#CCO. The highest BCUT2D eigenvalue weighted by molar-refractivity contribution is 5.45. The molecule has 0 aliphatic carbocycles. The number of ether oxygens (including phenoxy) is 1. The van der Waals surface area contributed by atoms with Gasteiger partial charge in [-0.2, -0.15) is 0 Å². The Bertz CT molecular complexity index is 429. The van der Waals surface area contributed by atoms with E-state index in [2.05, 4.69) is 18.8 Å². The first kappa shape index (κ1) is 17.6. The summed E-state index contributed by atoms with van der Waals surface area (Å²) in [5.74, 6) is 6.40. The van der Waals surface area contributed by atoms with E-state index in [4.69, 9.17) is 9.84 Å². The van der Waals surface area contributed by atoms with E-state index in [-0.39, 0.29) is 6.61 Å². The van der Waals surface area contributed by atoms with Crippen LogP contribution >= 0.6 is 0 Å². The quantitative estimate of drug-likeness (QED) is 0.505. The molecule has 0 spiro atoms. The first-order valence-electron chi connectivity index (χ1n) is 8.20. The van der Waals surface area contributed by atoms with Crippen molar-refractivity contribution in [1.82, 2.24) is 0 Å². The lowest BCUT2D eigenvalue weighted by atomic mass is 10.1. The lowest BCUT2D eigenvalue weighted by molar-refractivity contribution is 0.303. The second-order valence-corrected chi connectivity index (χ2v) is 5.28. The fraction of sp³-hybridized carbons (Fsp3) is 0.579. The van der Waals surface area contributed by atoms with Crippen molar-refractivity contribution < 1.29 is 9.84 Å². The zero-order valence-corrected chi connectivity index (χ0v) is 13.2. The van der Waals surface area contributed by atoms with Crippen molar-refractivity contribution in [2.75, 3.05) is 13.2 Å². The molecular formula is C19H28O2. The largest absolute Gasteiger partial charge is 0.492 e. The van der Waals surface area contributed by atoms with E-state index in [1.807, 2.05) is 24.3 Å². The van der Waals surface area contributed by atoms with Crippen LogP contribution in [0.3, 0.4) is 0 Å². The van der Waals surface area contributed by atoms with Crippen molar-refractivity contribution in [1.29, 1.82) is 0 Å². The Kier molecular flexibility index (Phi) is 10.3. The third-order valence-electron chi connectivity index (χ3n) is 3.44. The van der Waals surface area contributed by atoms with Gasteiger partial charge in [0.05, 0.1) is 12.2 Å². The summed E-state index contributed by atoms with van der Waals surface area (Å²) in [6.45, 7) is 2.87. The van der Waals surface area contributed by atoms with Crippen LogP contribution in [0.1, 0.15) is 63.9 Å². The van der Waals surface area contributed by atoms with Gasteiger partial charge in [0.15, 0.2) is 0 Å². The van der Waals surface area contributed by atoms with Crippen molar-refractivity contribution in [3.05, 3.63) is 29.8 Å². The molecule has 1 rings (SSSR count). The van der Waals surface area contributed by atoms with E-state index < -0.39 is 0 Å². The monoisotopic (exact) mass is 288 g/mol. The third kappa shape index (κ3) is 8.42. The maximum absolute atomic E-state index is 8.75. The summed E-state index contributed by atoms with van der Waals surface area (Å²) in [5, 5.41) is 8.75. The molecule has 0 fully saturated rings. The summed E-state index contributed by atoms with van der Waals surface area (Å²) in [6.07, 6.45) is 10.4. The van der Waals surface area contributed by atoms with Gasteiger partial charge in [0, 0.05) is 0 Å². The van der Waals surface area contributed by atoms with Gasteiger partial charge in [0.2, 0.25) is 0 Å². The highest BCUT2D eigenvalue weighted by atomic mass is 16.5. The van der Waals surface area contributed by atoms with Crippen LogP contribution in [0.15, 0.2) is 24.3 Å². The lowest BCUT2D eigenvalue weighted by Crippen LogP contribution is -1.99. The van der Waals surface area contributed by atoms with Crippen LogP contribution in [0.5, 0.6) is 5.75 Å². The van der Waals surface area contributed by atoms with E-state index in [1.54, 1.807) is 0 Å². The van der Waals surface area contributed by atoms with E-state index >= 15 is 0 Å². The fourth-order valence-electron chi connectivity index (χ4n) is 2.25. The summed E-state index contributed by atoms with van der Waals surface area (Å²) in [5.41, 5.74) is 0.853. The number of unbranched alkanes of at least 4 members (excludes halogenated alkanes) is 7. The lowest BCUT2D eigenvalue weighted by Gasteiger charge is -2.08. The van der Waals surface area contributed by atoms with Gasteiger partial charge < -0.3 is 9.84 Å². The Morgan fingerprint density at radius 1 is 0.952 bits per heavy atom. The van der Waals surface area contributed by atoms with Gasteiger partial charge in [-0.25, -0.2) is 0 Å². The minimum Gasteiger partial charge on any atom is -0.492 e. The molecule has 1 aromatic rings. The maximum Gasteiger partial charge on any atom is 0.134 e. The van der Waals surface area contributed by atoms with Crippen molar-refractivity contribution >= 4 is 0 Å². The van der Waals surface area contributed by atoms with E-state index in [1.165, 1.54) is 44.9 Å². The molecule has 1 aromatic carbocycles. The molecule has 2 heteroatoms. The molecule has 21 heavy (non-hydrogen) atoms. The number of para-hydroxylation sites is 1. The minimum atomic E-state index is -0.119. The average molecular weight is 288 g/mol. The topological polar surface area (TPSA) is 29.5 Å². The molecule has 0 unspecified atom stereocenters. The summed E-state index contributed by atoms with van der Waals surface area (Å²) in [4.78, 5) is 0. The molecule has 2 nitrogen and oxygen atoms in total. The molecule has 0 aromatic heterocycles. The number of rotatable bonds is 10. The van der Waals surface area contributed by atoms with Gasteiger partial charge in [-0.05, 0) is 18.6 Å². The molecular weight excluding hydrogens is 260 g/mol. The number of hydrogen-bond acceptors (Lipinski definition) is 2. The smallest absolute Gasteiger partial charge is 0.134 e. The number of aliphatic hydroxyl groups excluding tert-OH is 1. The third-order valence-corrected chi connectivity index (χ3v) is 3.44. The van der Waals surface area contributed by atoms with Crippen molar-refractivity contribution in [2.45, 2.75) is 58.3 Å². The van der Waals surface area contributed by atoms with Crippen LogP contribution in [0.2, 0.25) is 0 Å². The van der Waals surface area contributed by atoms with Gasteiger partial charge >= 0.3 is 0 Å². The summed E-state index contributed by atoms with van der Waals surface area (Å²) < 4.78 is 5.80. The molecule has 0 heterocycles. The second-order valence-electron chi connectivity index (χ2n) is 5.28. The molecule has 116 valence electrons. The Balaban J connectivity index is 2.15. The van der Waals surface area contributed by atoms with E-state index in [9.17, 15) is 0 Å². The zero-order chi connectivity index (χ0) is 15.2. The van der Waals surface area contributed by atoms with Crippen molar-refractivity contribution in [2.24, 2.45) is 0 Å². The molecule has 0 amide bonds. The molecule has 0 aliphatic rings. The predicted octanol–water partition coefficient (Wildman–Crippen LogP) is 4.55. The van der Waals surface area contributed by atoms with Gasteiger partial charge in [-0.15, -0.1) is 0 Å². The molecule has 0 bridgehead atoms. The Labute approximate surface area is 129 Å². The highest BCUT2D eigenvalue weighted by Crippen LogP contribution is 2.17. The van der Waals surface area contributed by atoms with Crippen LogP contribution in [0.4, 0.5) is 0 Å². The molecule has 0 radical (unpaired) electrons. The van der Waals surface area contributed by atoms with Gasteiger partial charge in [0.25, 0.3) is 0 Å². The molecule has 0 aliphatic heterocycles. The summed E-state index contributed by atoms with van der Waals surface area (Å²) in [6, 6.07) is 7.75. The highest BCUT2D eigenvalue weighted by Gasteiger charge is 1.99. The minimum absolute atomic E-state index is 0.119. The van der Waals surface area contributed by atoms with Crippen LogP contribution in [0, 0.1) is 11.8 Å². The first-order valence-corrected chi connectivity index (χ1v) is 8.20. The van der Waals surface area contributed by atoms with E-state index in [0.29, 0.717) is 0 Å². The molecule has 0 atom stereocenters. The first-order chi connectivity index (χ1) is 10.4. The van der Waals surface area contributed by atoms with Crippen molar-refractivity contribution in [3.63, 3.8) is 0 Å². The number of hydrogen-bond donors (Lipinski definition) is 1. The van der Waals surface area contributed by atoms with Crippen LogP contribution < -0.4 is 4.74 Å². The van der Waals surface area contributed by atoms with Crippen LogP contribution in [0.25, 0.3) is 0 Å². The average Bonchev–Trinajstić information content (AvgIpc) is 2.52. The van der Waals surface area contributed by atoms with Gasteiger partial charge in [-0.3, -0.25) is 0 Å². The Morgan fingerprint density at radius 3 is 2.33 bits per heavy atom. The number of aliphatic hydroxyl groups is 1. The molecule has 0 saturated carbocycles. The molecule has 0 saturated heterocycles. The summed E-state index contributed by atoms with van der Waals surface area (Å²) >= 11 is 0. The van der Waals surface area contributed by atoms with Gasteiger partial charge in [0.1, 0.15) is 12.4 Å². The van der Waals surface area contributed by atoms with E-state index in [0.717, 1.165) is 24.3 Å².